The number of halogens is 1. The number of thiophene rings is 1. The second-order valence-electron chi connectivity index (χ2n) is 4.45. The van der Waals surface area contributed by atoms with Crippen LogP contribution in [0.25, 0.3) is 0 Å². The molecule has 0 radical (unpaired) electrons. The fourth-order valence-electron chi connectivity index (χ4n) is 1.97. The second kappa shape index (κ2) is 6.31. The van der Waals surface area contributed by atoms with Crippen LogP contribution in [0.5, 0.6) is 0 Å². The lowest BCUT2D eigenvalue weighted by Gasteiger charge is -2.19. The SMILES string of the molecule is C=CCN(Cc1ccc(Cl)s1)S(=O)(=O)c1c(C)noc1C. The fourth-order valence-corrected chi connectivity index (χ4v) is 4.84. The van der Waals surface area contributed by atoms with Gasteiger partial charge in [0.05, 0.1) is 4.34 Å². The van der Waals surface area contributed by atoms with E-state index in [0.717, 1.165) is 4.88 Å². The van der Waals surface area contributed by atoms with Crippen molar-refractivity contribution in [2.75, 3.05) is 6.54 Å². The van der Waals surface area contributed by atoms with Gasteiger partial charge in [-0.2, -0.15) is 4.31 Å². The number of nitrogens with zero attached hydrogens (tertiary/aromatic N) is 2. The van der Waals surface area contributed by atoms with Gasteiger partial charge in [-0.1, -0.05) is 22.8 Å². The van der Waals surface area contributed by atoms with Crippen LogP contribution in [0.15, 0.2) is 34.2 Å². The third kappa shape index (κ3) is 3.37. The third-order valence-electron chi connectivity index (χ3n) is 2.86. The van der Waals surface area contributed by atoms with Crippen LogP contribution in [-0.4, -0.2) is 24.4 Å². The predicted molar refractivity (Wildman–Crippen MR) is 83.1 cm³/mol. The molecule has 0 unspecified atom stereocenters. The zero-order valence-electron chi connectivity index (χ0n) is 11.7. The minimum absolute atomic E-state index is 0.118. The number of hydrogen-bond acceptors (Lipinski definition) is 5. The van der Waals surface area contributed by atoms with E-state index in [1.807, 2.05) is 6.07 Å². The van der Waals surface area contributed by atoms with Crippen LogP contribution in [0.4, 0.5) is 0 Å². The third-order valence-corrected chi connectivity index (χ3v) is 6.13. The molecule has 0 saturated heterocycles. The molecule has 2 heterocycles. The van der Waals surface area contributed by atoms with E-state index in [4.69, 9.17) is 16.1 Å². The second-order valence-corrected chi connectivity index (χ2v) is 8.12. The van der Waals surface area contributed by atoms with Crippen molar-refractivity contribution in [1.29, 1.82) is 0 Å². The molecule has 21 heavy (non-hydrogen) atoms. The first-order valence-electron chi connectivity index (χ1n) is 6.14. The van der Waals surface area contributed by atoms with Crippen LogP contribution < -0.4 is 0 Å². The average molecular weight is 347 g/mol. The van der Waals surface area contributed by atoms with Crippen LogP contribution in [0.2, 0.25) is 4.34 Å². The molecular weight excluding hydrogens is 332 g/mol. The van der Waals surface area contributed by atoms with E-state index in [-0.39, 0.29) is 23.7 Å². The van der Waals surface area contributed by atoms with Gasteiger partial charge in [0.1, 0.15) is 10.6 Å². The number of aromatic nitrogens is 1. The maximum Gasteiger partial charge on any atom is 0.249 e. The normalized spacial score (nSPS) is 12.0. The van der Waals surface area contributed by atoms with Crippen molar-refractivity contribution in [3.63, 3.8) is 0 Å². The van der Waals surface area contributed by atoms with Gasteiger partial charge in [0.15, 0.2) is 5.76 Å². The molecule has 0 fully saturated rings. The zero-order chi connectivity index (χ0) is 15.6. The largest absolute Gasteiger partial charge is 0.360 e. The molecule has 0 atom stereocenters. The lowest BCUT2D eigenvalue weighted by atomic mass is 10.4. The average Bonchev–Trinajstić information content (AvgIpc) is 2.95. The van der Waals surface area contributed by atoms with Gasteiger partial charge in [-0.3, -0.25) is 0 Å². The smallest absolute Gasteiger partial charge is 0.249 e. The van der Waals surface area contributed by atoms with E-state index >= 15 is 0 Å². The molecule has 0 aliphatic heterocycles. The number of sulfonamides is 1. The van der Waals surface area contributed by atoms with Gasteiger partial charge in [0.25, 0.3) is 0 Å². The monoisotopic (exact) mass is 346 g/mol. The zero-order valence-corrected chi connectivity index (χ0v) is 14.1. The van der Waals surface area contributed by atoms with Crippen molar-refractivity contribution >= 4 is 33.0 Å². The summed E-state index contributed by atoms with van der Waals surface area (Å²) in [5, 5.41) is 3.71. The summed E-state index contributed by atoms with van der Waals surface area (Å²) in [4.78, 5) is 0.976. The number of rotatable bonds is 6. The van der Waals surface area contributed by atoms with Gasteiger partial charge in [0, 0.05) is 18.0 Å². The van der Waals surface area contributed by atoms with Crippen molar-refractivity contribution < 1.29 is 12.9 Å². The highest BCUT2D eigenvalue weighted by atomic mass is 35.5. The summed E-state index contributed by atoms with van der Waals surface area (Å²) in [5.41, 5.74) is 0.353. The molecule has 0 aliphatic carbocycles. The molecular formula is C13H15ClN2O3S2. The van der Waals surface area contributed by atoms with Crippen molar-refractivity contribution in [2.24, 2.45) is 0 Å². The summed E-state index contributed by atoms with van der Waals surface area (Å²) < 4.78 is 32.5. The Kier molecular flexibility index (Phi) is 4.88. The molecule has 0 aromatic carbocycles. The first-order valence-corrected chi connectivity index (χ1v) is 8.78. The molecule has 2 rings (SSSR count). The Bertz CT molecular complexity index is 730. The highest BCUT2D eigenvalue weighted by Gasteiger charge is 2.30. The first-order chi connectivity index (χ1) is 9.86. The Morgan fingerprint density at radius 2 is 2.19 bits per heavy atom. The Hall–Kier alpha value is -1.15. The molecule has 0 bridgehead atoms. The molecule has 5 nitrogen and oxygen atoms in total. The summed E-state index contributed by atoms with van der Waals surface area (Å²) in [6.45, 7) is 7.24. The van der Waals surface area contributed by atoms with Crippen molar-refractivity contribution in [2.45, 2.75) is 25.3 Å². The fraction of sp³-hybridized carbons (Fsp3) is 0.308. The van der Waals surface area contributed by atoms with E-state index in [9.17, 15) is 8.42 Å². The van der Waals surface area contributed by atoms with Gasteiger partial charge >= 0.3 is 0 Å². The van der Waals surface area contributed by atoms with E-state index in [1.165, 1.54) is 15.6 Å². The Labute approximate surface area is 132 Å². The van der Waals surface area contributed by atoms with E-state index in [1.54, 1.807) is 26.0 Å². The molecule has 0 saturated carbocycles. The Morgan fingerprint density at radius 1 is 1.48 bits per heavy atom. The minimum Gasteiger partial charge on any atom is -0.360 e. The number of hydrogen-bond donors (Lipinski definition) is 0. The minimum atomic E-state index is -3.70. The van der Waals surface area contributed by atoms with Crippen LogP contribution in [0.3, 0.4) is 0 Å². The van der Waals surface area contributed by atoms with E-state index in [2.05, 4.69) is 11.7 Å². The van der Waals surface area contributed by atoms with Crippen LogP contribution in [0.1, 0.15) is 16.3 Å². The molecule has 0 amide bonds. The summed E-state index contributed by atoms with van der Waals surface area (Å²) in [6, 6.07) is 3.56. The van der Waals surface area contributed by atoms with Gasteiger partial charge in [-0.15, -0.1) is 17.9 Å². The van der Waals surface area contributed by atoms with Crippen molar-refractivity contribution in [3.8, 4) is 0 Å². The Balaban J connectivity index is 2.39. The molecule has 2 aromatic rings. The summed E-state index contributed by atoms with van der Waals surface area (Å²) in [7, 11) is -3.70. The van der Waals surface area contributed by atoms with E-state index in [0.29, 0.717) is 10.0 Å². The molecule has 0 aliphatic rings. The van der Waals surface area contributed by atoms with Crippen LogP contribution >= 0.6 is 22.9 Å². The summed E-state index contributed by atoms with van der Waals surface area (Å²) in [5.74, 6) is 0.283. The molecule has 0 spiro atoms. The first kappa shape index (κ1) is 16.2. The highest BCUT2D eigenvalue weighted by molar-refractivity contribution is 7.89. The topological polar surface area (TPSA) is 63.4 Å². The van der Waals surface area contributed by atoms with E-state index < -0.39 is 10.0 Å². The maximum atomic E-state index is 12.8. The molecule has 2 aromatic heterocycles. The van der Waals surface area contributed by atoms with Crippen LogP contribution in [0, 0.1) is 13.8 Å². The Morgan fingerprint density at radius 3 is 2.67 bits per heavy atom. The van der Waals surface area contributed by atoms with Gasteiger partial charge in [-0.05, 0) is 26.0 Å². The van der Waals surface area contributed by atoms with Crippen LogP contribution in [-0.2, 0) is 16.6 Å². The van der Waals surface area contributed by atoms with Gasteiger partial charge in [0.2, 0.25) is 10.0 Å². The maximum absolute atomic E-state index is 12.8. The molecule has 0 N–H and O–H groups in total. The lowest BCUT2D eigenvalue weighted by molar-refractivity contribution is 0.389. The molecule has 8 heteroatoms. The van der Waals surface area contributed by atoms with Gasteiger partial charge < -0.3 is 4.52 Å². The highest BCUT2D eigenvalue weighted by Crippen LogP contribution is 2.27. The quantitative estimate of drug-likeness (QED) is 0.752. The van der Waals surface area contributed by atoms with Gasteiger partial charge in [-0.25, -0.2) is 8.42 Å². The molecule has 114 valence electrons. The standard InChI is InChI=1S/C13H15ClN2O3S2/c1-4-7-16(8-11-5-6-12(14)20-11)21(17,18)13-9(2)15-19-10(13)3/h4-6H,1,7-8H2,2-3H3. The summed E-state index contributed by atoms with van der Waals surface area (Å²) in [6.07, 6.45) is 1.55. The lowest BCUT2D eigenvalue weighted by Crippen LogP contribution is -2.31. The number of aryl methyl sites for hydroxylation is 2. The summed E-state index contributed by atoms with van der Waals surface area (Å²) >= 11 is 7.24. The van der Waals surface area contributed by atoms with Crippen molar-refractivity contribution in [3.05, 3.63) is 45.5 Å². The predicted octanol–water partition coefficient (Wildman–Crippen LogP) is 3.38. The van der Waals surface area contributed by atoms with Crippen molar-refractivity contribution in [1.82, 2.24) is 9.46 Å².